The van der Waals surface area contributed by atoms with E-state index in [-0.39, 0.29) is 5.97 Å². The maximum absolute atomic E-state index is 11.7. The van der Waals surface area contributed by atoms with Gasteiger partial charge in [0.05, 0.1) is 11.1 Å². The number of fused-ring (bicyclic) bond motifs is 1. The molecule has 1 atom stereocenters. The molecule has 2 rings (SSSR count). The molecule has 1 aliphatic heterocycles. The number of rotatable bonds is 4. The first-order valence-corrected chi connectivity index (χ1v) is 6.21. The molecule has 0 saturated heterocycles. The first-order valence-electron chi connectivity index (χ1n) is 6.21. The van der Waals surface area contributed by atoms with Crippen LogP contribution in [0, 0.1) is 12.3 Å². The van der Waals surface area contributed by atoms with Crippen LogP contribution in [0.1, 0.15) is 48.8 Å². The van der Waals surface area contributed by atoms with E-state index in [1.807, 2.05) is 32.0 Å². The number of benzene rings is 1. The van der Waals surface area contributed by atoms with Gasteiger partial charge in [-0.3, -0.25) is 5.32 Å². The maximum atomic E-state index is 11.7. The van der Waals surface area contributed by atoms with Crippen molar-refractivity contribution in [2.45, 2.75) is 38.5 Å². The fraction of sp³-hybridized carbons (Fsp3) is 0.400. The Balaban J connectivity index is 2.28. The van der Waals surface area contributed by atoms with E-state index in [9.17, 15) is 4.79 Å². The topological polar surface area (TPSA) is 38.3 Å². The van der Waals surface area contributed by atoms with Gasteiger partial charge in [0.15, 0.2) is 6.23 Å². The number of hydrogen-bond acceptors (Lipinski definition) is 3. The Hall–Kier alpha value is -1.79. The lowest BCUT2D eigenvalue weighted by Gasteiger charge is -2.30. The monoisotopic (exact) mass is 243 g/mol. The van der Waals surface area contributed by atoms with Crippen LogP contribution < -0.4 is 5.32 Å². The summed E-state index contributed by atoms with van der Waals surface area (Å²) in [4.78, 5) is 11.7. The molecule has 3 nitrogen and oxygen atoms in total. The van der Waals surface area contributed by atoms with E-state index in [0.29, 0.717) is 5.56 Å². The van der Waals surface area contributed by atoms with Crippen molar-refractivity contribution in [3.8, 4) is 12.3 Å². The molecule has 1 unspecified atom stereocenters. The van der Waals surface area contributed by atoms with Crippen LogP contribution in [0.15, 0.2) is 24.3 Å². The number of ether oxygens (including phenoxy) is 1. The molecule has 0 aliphatic carbocycles. The van der Waals surface area contributed by atoms with E-state index in [4.69, 9.17) is 11.2 Å². The summed E-state index contributed by atoms with van der Waals surface area (Å²) in [5, 5.41) is 3.29. The molecule has 0 aromatic heterocycles. The first-order chi connectivity index (χ1) is 8.65. The van der Waals surface area contributed by atoms with E-state index in [0.717, 1.165) is 18.4 Å². The third kappa shape index (κ3) is 2.00. The minimum absolute atomic E-state index is 0.291. The summed E-state index contributed by atoms with van der Waals surface area (Å²) in [7, 11) is 0. The highest BCUT2D eigenvalue weighted by molar-refractivity contribution is 5.93. The fourth-order valence-electron chi connectivity index (χ4n) is 2.20. The average molecular weight is 243 g/mol. The van der Waals surface area contributed by atoms with E-state index < -0.39 is 11.8 Å². The SMILES string of the molecule is C#CC(CC)(CC)NC1OC(=O)c2ccccc21. The van der Waals surface area contributed by atoms with Crippen LogP contribution >= 0.6 is 0 Å². The highest BCUT2D eigenvalue weighted by atomic mass is 16.6. The Morgan fingerprint density at radius 3 is 2.67 bits per heavy atom. The summed E-state index contributed by atoms with van der Waals surface area (Å²) < 4.78 is 5.35. The Kier molecular flexibility index (Phi) is 3.40. The predicted molar refractivity (Wildman–Crippen MR) is 69.9 cm³/mol. The van der Waals surface area contributed by atoms with Gasteiger partial charge in [-0.2, -0.15) is 0 Å². The second kappa shape index (κ2) is 4.83. The van der Waals surface area contributed by atoms with E-state index in [1.54, 1.807) is 6.07 Å². The van der Waals surface area contributed by atoms with Crippen LogP contribution in [0.5, 0.6) is 0 Å². The van der Waals surface area contributed by atoms with Gasteiger partial charge in [-0.25, -0.2) is 4.79 Å². The van der Waals surface area contributed by atoms with Crippen LogP contribution in [-0.2, 0) is 4.74 Å². The van der Waals surface area contributed by atoms with Gasteiger partial charge in [-0.05, 0) is 18.9 Å². The molecular weight excluding hydrogens is 226 g/mol. The average Bonchev–Trinajstić information content (AvgIpc) is 2.73. The van der Waals surface area contributed by atoms with Crippen LogP contribution in [0.3, 0.4) is 0 Å². The largest absolute Gasteiger partial charge is 0.439 e. The zero-order valence-corrected chi connectivity index (χ0v) is 10.7. The maximum Gasteiger partial charge on any atom is 0.340 e. The smallest absolute Gasteiger partial charge is 0.340 e. The summed E-state index contributed by atoms with van der Waals surface area (Å²) in [6.07, 6.45) is 6.74. The molecule has 1 aliphatic rings. The molecule has 0 bridgehead atoms. The van der Waals surface area contributed by atoms with Crippen LogP contribution in [0.25, 0.3) is 0 Å². The Morgan fingerprint density at radius 2 is 2.06 bits per heavy atom. The van der Waals surface area contributed by atoms with Crippen molar-refractivity contribution >= 4 is 5.97 Å². The van der Waals surface area contributed by atoms with Gasteiger partial charge in [0.2, 0.25) is 0 Å². The van der Waals surface area contributed by atoms with Gasteiger partial charge in [0.25, 0.3) is 0 Å². The second-order valence-corrected chi connectivity index (χ2v) is 4.45. The Morgan fingerprint density at radius 1 is 1.39 bits per heavy atom. The fourth-order valence-corrected chi connectivity index (χ4v) is 2.20. The number of nitrogens with one attached hydrogen (secondary N) is 1. The molecule has 1 aromatic carbocycles. The van der Waals surface area contributed by atoms with Crippen molar-refractivity contribution < 1.29 is 9.53 Å². The lowest BCUT2D eigenvalue weighted by molar-refractivity contribution is 0.0237. The molecule has 0 spiro atoms. The van der Waals surface area contributed by atoms with Gasteiger partial charge in [-0.1, -0.05) is 38.0 Å². The molecule has 0 fully saturated rings. The number of cyclic esters (lactones) is 1. The van der Waals surface area contributed by atoms with Crippen LogP contribution in [0.2, 0.25) is 0 Å². The van der Waals surface area contributed by atoms with Crippen LogP contribution in [0.4, 0.5) is 0 Å². The molecule has 1 aromatic rings. The standard InChI is InChI=1S/C15H17NO2/c1-4-15(5-2,6-3)16-13-11-9-7-8-10-12(11)14(17)18-13/h1,7-10,13,16H,5-6H2,2-3H3. The van der Waals surface area contributed by atoms with Gasteiger partial charge in [0.1, 0.15) is 0 Å². The molecule has 3 heteroatoms. The van der Waals surface area contributed by atoms with Crippen LogP contribution in [-0.4, -0.2) is 11.5 Å². The first kappa shape index (κ1) is 12.7. The third-order valence-corrected chi connectivity index (χ3v) is 3.58. The van der Waals surface area contributed by atoms with Gasteiger partial charge in [0, 0.05) is 5.56 Å². The minimum atomic E-state index is -0.440. The summed E-state index contributed by atoms with van der Waals surface area (Å²) in [5.41, 5.74) is 1.06. The van der Waals surface area contributed by atoms with Crippen molar-refractivity contribution in [1.82, 2.24) is 5.32 Å². The molecule has 18 heavy (non-hydrogen) atoms. The zero-order chi connectivity index (χ0) is 13.2. The molecule has 1 heterocycles. The van der Waals surface area contributed by atoms with E-state index >= 15 is 0 Å². The number of carbonyl (C=O) groups excluding carboxylic acids is 1. The summed E-state index contributed by atoms with van der Waals surface area (Å²) in [6, 6.07) is 7.39. The molecule has 0 saturated carbocycles. The van der Waals surface area contributed by atoms with Crippen molar-refractivity contribution in [1.29, 1.82) is 0 Å². The molecular formula is C15H17NO2. The summed E-state index contributed by atoms with van der Waals surface area (Å²) in [6.45, 7) is 4.05. The Bertz CT molecular complexity index is 497. The van der Waals surface area contributed by atoms with E-state index in [1.165, 1.54) is 0 Å². The second-order valence-electron chi connectivity index (χ2n) is 4.45. The van der Waals surface area contributed by atoms with Crippen molar-refractivity contribution in [3.63, 3.8) is 0 Å². The zero-order valence-electron chi connectivity index (χ0n) is 10.7. The van der Waals surface area contributed by atoms with Crippen molar-refractivity contribution in [3.05, 3.63) is 35.4 Å². The molecule has 0 amide bonds. The number of carbonyl (C=O) groups is 1. The number of hydrogen-bond donors (Lipinski definition) is 1. The van der Waals surface area contributed by atoms with Gasteiger partial charge < -0.3 is 4.74 Å². The summed E-state index contributed by atoms with van der Waals surface area (Å²) >= 11 is 0. The Labute approximate surface area is 108 Å². The highest BCUT2D eigenvalue weighted by Crippen LogP contribution is 2.31. The molecule has 94 valence electrons. The quantitative estimate of drug-likeness (QED) is 0.652. The van der Waals surface area contributed by atoms with Gasteiger partial charge in [-0.15, -0.1) is 6.42 Å². The predicted octanol–water partition coefficient (Wildman–Crippen LogP) is 2.64. The lowest BCUT2D eigenvalue weighted by Crippen LogP contribution is -2.45. The number of terminal acetylenes is 1. The molecule has 0 radical (unpaired) electrons. The van der Waals surface area contributed by atoms with E-state index in [2.05, 4.69) is 11.2 Å². The van der Waals surface area contributed by atoms with Crippen molar-refractivity contribution in [2.75, 3.05) is 0 Å². The minimum Gasteiger partial charge on any atom is -0.439 e. The molecule has 1 N–H and O–H groups in total. The van der Waals surface area contributed by atoms with Gasteiger partial charge >= 0.3 is 5.97 Å². The third-order valence-electron chi connectivity index (χ3n) is 3.58. The normalized spacial score (nSPS) is 18.1. The highest BCUT2D eigenvalue weighted by Gasteiger charge is 2.35. The summed E-state index contributed by atoms with van der Waals surface area (Å²) in [5.74, 6) is 2.49. The lowest BCUT2D eigenvalue weighted by atomic mass is 9.93. The van der Waals surface area contributed by atoms with Crippen molar-refractivity contribution in [2.24, 2.45) is 0 Å². The number of esters is 1.